The van der Waals surface area contributed by atoms with Crippen LogP contribution in [0.5, 0.6) is 5.75 Å². The number of ether oxygens (including phenoxy) is 1. The number of halogens is 3. The number of fused-ring (bicyclic) bond motifs is 1. The highest BCUT2D eigenvalue weighted by Crippen LogP contribution is 2.29. The van der Waals surface area contributed by atoms with Gasteiger partial charge < -0.3 is 10.1 Å². The van der Waals surface area contributed by atoms with Gasteiger partial charge in [0, 0.05) is 21.2 Å². The summed E-state index contributed by atoms with van der Waals surface area (Å²) in [6.07, 6.45) is 0. The highest BCUT2D eigenvalue weighted by molar-refractivity contribution is 14.1. The second-order valence-corrected chi connectivity index (χ2v) is 7.02. The number of pyridine rings is 1. The fraction of sp³-hybridized carbons (Fsp3) is 0.118. The summed E-state index contributed by atoms with van der Waals surface area (Å²) in [4.78, 5) is 4.35. The zero-order valence-electron chi connectivity index (χ0n) is 12.2. The van der Waals surface area contributed by atoms with E-state index in [1.807, 2.05) is 36.4 Å². The lowest BCUT2D eigenvalue weighted by Crippen LogP contribution is -2.01. The van der Waals surface area contributed by atoms with Crippen LogP contribution < -0.4 is 10.1 Å². The number of anilines is 1. The van der Waals surface area contributed by atoms with E-state index < -0.39 is 0 Å². The van der Waals surface area contributed by atoms with Crippen LogP contribution in [0.4, 0.5) is 5.69 Å². The maximum Gasteiger partial charge on any atom is 0.137 e. The van der Waals surface area contributed by atoms with E-state index in [0.29, 0.717) is 22.5 Å². The summed E-state index contributed by atoms with van der Waals surface area (Å²) in [5.74, 6) is 0.669. The molecule has 118 valence electrons. The summed E-state index contributed by atoms with van der Waals surface area (Å²) in [5, 5.41) is 5.51. The normalized spacial score (nSPS) is 10.8. The molecule has 3 nitrogen and oxygen atoms in total. The zero-order valence-corrected chi connectivity index (χ0v) is 15.9. The van der Waals surface area contributed by atoms with Gasteiger partial charge >= 0.3 is 0 Å². The van der Waals surface area contributed by atoms with E-state index in [-0.39, 0.29) is 0 Å². The van der Waals surface area contributed by atoms with Crippen LogP contribution in [0.3, 0.4) is 0 Å². The van der Waals surface area contributed by atoms with E-state index in [0.717, 1.165) is 25.7 Å². The molecule has 1 aromatic heterocycles. The van der Waals surface area contributed by atoms with Crippen LogP contribution in [-0.4, -0.2) is 12.1 Å². The lowest BCUT2D eigenvalue weighted by atomic mass is 10.1. The number of benzene rings is 2. The van der Waals surface area contributed by atoms with Crippen molar-refractivity contribution in [2.75, 3.05) is 12.4 Å². The Labute approximate surface area is 158 Å². The van der Waals surface area contributed by atoms with Crippen LogP contribution in [0.1, 0.15) is 5.56 Å². The third-order valence-electron chi connectivity index (χ3n) is 3.44. The van der Waals surface area contributed by atoms with Crippen LogP contribution >= 0.6 is 45.8 Å². The van der Waals surface area contributed by atoms with Crippen molar-refractivity contribution in [3.8, 4) is 5.75 Å². The zero-order chi connectivity index (χ0) is 16.4. The second kappa shape index (κ2) is 7.11. The lowest BCUT2D eigenvalue weighted by molar-refractivity contribution is 0.415. The van der Waals surface area contributed by atoms with Crippen molar-refractivity contribution >= 4 is 62.4 Å². The molecule has 0 amide bonds. The molecule has 0 aliphatic rings. The average Bonchev–Trinajstić information content (AvgIpc) is 2.53. The maximum atomic E-state index is 6.17. The molecule has 1 N–H and O–H groups in total. The van der Waals surface area contributed by atoms with Gasteiger partial charge in [-0.15, -0.1) is 0 Å². The third-order valence-corrected chi connectivity index (χ3v) is 4.60. The molecule has 0 bridgehead atoms. The molecular formula is C17H13Cl2IN2O. The minimum atomic E-state index is 0.467. The van der Waals surface area contributed by atoms with Crippen LogP contribution in [0.25, 0.3) is 10.9 Å². The van der Waals surface area contributed by atoms with Gasteiger partial charge in [0.25, 0.3) is 0 Å². The molecule has 0 saturated carbocycles. The van der Waals surface area contributed by atoms with E-state index in [1.54, 1.807) is 7.11 Å². The minimum Gasteiger partial charge on any atom is -0.495 e. The number of hydrogen-bond donors (Lipinski definition) is 1. The smallest absolute Gasteiger partial charge is 0.137 e. The van der Waals surface area contributed by atoms with Crippen molar-refractivity contribution in [2.45, 2.75) is 6.54 Å². The SMILES string of the molecule is COc1ccc(CNc2cc(Cl)nc3ccc(I)cc23)cc1Cl. The molecule has 0 aliphatic heterocycles. The third kappa shape index (κ3) is 3.82. The molecule has 3 rings (SSSR count). The second-order valence-electron chi connectivity index (χ2n) is 4.98. The molecule has 0 spiro atoms. The molecule has 1 heterocycles. The minimum absolute atomic E-state index is 0.467. The van der Waals surface area contributed by atoms with Gasteiger partial charge in [-0.3, -0.25) is 0 Å². The van der Waals surface area contributed by atoms with Gasteiger partial charge in [-0.2, -0.15) is 0 Å². The molecule has 0 unspecified atom stereocenters. The monoisotopic (exact) mass is 458 g/mol. The Hall–Kier alpha value is -1.24. The summed E-state index contributed by atoms with van der Waals surface area (Å²) < 4.78 is 6.32. The van der Waals surface area contributed by atoms with Gasteiger partial charge in [0.15, 0.2) is 0 Å². The fourth-order valence-corrected chi connectivity index (χ4v) is 3.30. The molecular weight excluding hydrogens is 446 g/mol. The lowest BCUT2D eigenvalue weighted by Gasteiger charge is -2.12. The predicted octanol–water partition coefficient (Wildman–Crippen LogP) is 5.77. The number of rotatable bonds is 4. The van der Waals surface area contributed by atoms with Crippen LogP contribution in [0.2, 0.25) is 10.2 Å². The molecule has 3 aromatic rings. The molecule has 23 heavy (non-hydrogen) atoms. The van der Waals surface area contributed by atoms with Crippen LogP contribution in [-0.2, 0) is 6.54 Å². The van der Waals surface area contributed by atoms with Gasteiger partial charge in [-0.1, -0.05) is 29.3 Å². The first-order valence-corrected chi connectivity index (χ1v) is 8.72. The molecule has 0 aliphatic carbocycles. The first-order chi connectivity index (χ1) is 11.1. The van der Waals surface area contributed by atoms with E-state index in [2.05, 4.69) is 39.0 Å². The quantitative estimate of drug-likeness (QED) is 0.398. The van der Waals surface area contributed by atoms with Gasteiger partial charge in [0.2, 0.25) is 0 Å². The molecule has 0 saturated heterocycles. The van der Waals surface area contributed by atoms with Crippen molar-refractivity contribution in [3.63, 3.8) is 0 Å². The molecule has 0 atom stereocenters. The Bertz CT molecular complexity index is 871. The van der Waals surface area contributed by atoms with Crippen molar-refractivity contribution in [3.05, 3.63) is 61.8 Å². The van der Waals surface area contributed by atoms with Gasteiger partial charge in [-0.25, -0.2) is 4.98 Å². The van der Waals surface area contributed by atoms with Crippen molar-refractivity contribution in [1.82, 2.24) is 4.98 Å². The number of aromatic nitrogens is 1. The summed E-state index contributed by atoms with van der Waals surface area (Å²) in [7, 11) is 1.60. The van der Waals surface area contributed by atoms with Crippen molar-refractivity contribution in [2.24, 2.45) is 0 Å². The predicted molar refractivity (Wildman–Crippen MR) is 105 cm³/mol. The Kier molecular flexibility index (Phi) is 5.14. The summed E-state index contributed by atoms with van der Waals surface area (Å²) in [6, 6.07) is 13.6. The van der Waals surface area contributed by atoms with Gasteiger partial charge in [-0.05, 0) is 64.6 Å². The molecule has 0 fully saturated rings. The first kappa shape index (κ1) is 16.6. The highest BCUT2D eigenvalue weighted by atomic mass is 127. The number of nitrogens with zero attached hydrogens (tertiary/aromatic N) is 1. The van der Waals surface area contributed by atoms with E-state index in [9.17, 15) is 0 Å². The van der Waals surface area contributed by atoms with Crippen molar-refractivity contribution in [1.29, 1.82) is 0 Å². The van der Waals surface area contributed by atoms with Crippen molar-refractivity contribution < 1.29 is 4.74 Å². The number of hydrogen-bond acceptors (Lipinski definition) is 3. The molecule has 0 radical (unpaired) electrons. The molecule has 2 aromatic carbocycles. The highest BCUT2D eigenvalue weighted by Gasteiger charge is 2.07. The summed E-state index contributed by atoms with van der Waals surface area (Å²) in [6.45, 7) is 0.630. The Morgan fingerprint density at radius 1 is 1.13 bits per heavy atom. The Morgan fingerprint density at radius 2 is 1.96 bits per heavy atom. The van der Waals surface area contributed by atoms with E-state index in [1.165, 1.54) is 0 Å². The molecule has 6 heteroatoms. The average molecular weight is 459 g/mol. The Balaban J connectivity index is 1.89. The van der Waals surface area contributed by atoms with E-state index >= 15 is 0 Å². The maximum absolute atomic E-state index is 6.17. The van der Waals surface area contributed by atoms with Gasteiger partial charge in [0.05, 0.1) is 17.6 Å². The number of methoxy groups -OCH3 is 1. The van der Waals surface area contributed by atoms with Crippen LogP contribution in [0, 0.1) is 3.57 Å². The number of nitrogens with one attached hydrogen (secondary N) is 1. The standard InChI is InChI=1S/C17H13Cl2IN2O/c1-23-16-5-2-10(6-13(16)18)9-21-15-8-17(19)22-14-4-3-11(20)7-12(14)15/h2-8H,9H2,1H3,(H,21,22). The Morgan fingerprint density at radius 3 is 2.70 bits per heavy atom. The first-order valence-electron chi connectivity index (χ1n) is 6.89. The topological polar surface area (TPSA) is 34.1 Å². The van der Waals surface area contributed by atoms with Gasteiger partial charge in [0.1, 0.15) is 10.9 Å². The van der Waals surface area contributed by atoms with E-state index in [4.69, 9.17) is 27.9 Å². The van der Waals surface area contributed by atoms with Crippen LogP contribution in [0.15, 0.2) is 42.5 Å². The summed E-state index contributed by atoms with van der Waals surface area (Å²) in [5.41, 5.74) is 2.88. The fourth-order valence-electron chi connectivity index (χ4n) is 2.33. The summed E-state index contributed by atoms with van der Waals surface area (Å²) >= 11 is 14.6. The largest absolute Gasteiger partial charge is 0.495 e.